The van der Waals surface area contributed by atoms with Crippen molar-refractivity contribution in [3.63, 3.8) is 0 Å². The van der Waals surface area contributed by atoms with Gasteiger partial charge in [-0.3, -0.25) is 4.79 Å². The highest BCUT2D eigenvalue weighted by Gasteiger charge is 2.43. The fourth-order valence-corrected chi connectivity index (χ4v) is 3.89. The maximum atomic E-state index is 12.8. The van der Waals surface area contributed by atoms with Crippen LogP contribution in [0.25, 0.3) is 0 Å². The highest BCUT2D eigenvalue weighted by molar-refractivity contribution is 5.91. The van der Waals surface area contributed by atoms with E-state index >= 15 is 0 Å². The minimum absolute atomic E-state index is 0.0785. The maximum absolute atomic E-state index is 12.8. The zero-order valence-corrected chi connectivity index (χ0v) is 15.5. The van der Waals surface area contributed by atoms with Crippen LogP contribution in [0.2, 0.25) is 0 Å². The number of aromatic nitrogens is 1. The molecule has 3 rings (SSSR count). The predicted molar refractivity (Wildman–Crippen MR) is 92.4 cm³/mol. The van der Waals surface area contributed by atoms with Crippen molar-refractivity contribution in [2.75, 3.05) is 26.7 Å². The first-order chi connectivity index (χ1) is 11.8. The van der Waals surface area contributed by atoms with Crippen LogP contribution in [-0.2, 0) is 4.74 Å². The molecule has 0 aliphatic carbocycles. The highest BCUT2D eigenvalue weighted by Crippen LogP contribution is 2.33. The van der Waals surface area contributed by atoms with Gasteiger partial charge in [0, 0.05) is 25.1 Å². The molecule has 1 aromatic heterocycles. The van der Waals surface area contributed by atoms with Gasteiger partial charge in [-0.05, 0) is 32.7 Å². The number of likely N-dealkylation sites (tertiary alicyclic amines) is 1. The molecule has 2 N–H and O–H groups in total. The summed E-state index contributed by atoms with van der Waals surface area (Å²) in [7, 11) is 1.84. The lowest BCUT2D eigenvalue weighted by atomic mass is 9.82. The number of carbonyl (C=O) groups is 1. The van der Waals surface area contributed by atoms with Crippen LogP contribution in [0.4, 0.5) is 0 Å². The molecule has 2 fully saturated rings. The smallest absolute Gasteiger partial charge is 0.292 e. The van der Waals surface area contributed by atoms with Crippen molar-refractivity contribution in [1.29, 1.82) is 0 Å². The van der Waals surface area contributed by atoms with E-state index in [-0.39, 0.29) is 35.6 Å². The van der Waals surface area contributed by atoms with Crippen LogP contribution in [0.5, 0.6) is 0 Å². The molecule has 0 aromatic carbocycles. The molecule has 4 atom stereocenters. The molecular formula is C18H29N3O4. The SMILES string of the molecule is CN[C@@H]1CO[C@@H]2CCN(C(=O)c3cc(C(C)C)no3)C[C@@H]2C[C@@]1(C)O. The molecule has 0 spiro atoms. The summed E-state index contributed by atoms with van der Waals surface area (Å²) in [6.07, 6.45) is 1.45. The third-order valence-electron chi connectivity index (χ3n) is 5.53. The molecule has 2 aliphatic heterocycles. The Hall–Kier alpha value is -1.44. The van der Waals surface area contributed by atoms with Crippen LogP contribution in [0, 0.1) is 5.92 Å². The highest BCUT2D eigenvalue weighted by atomic mass is 16.5. The van der Waals surface area contributed by atoms with Gasteiger partial charge in [0.25, 0.3) is 5.91 Å². The number of amides is 1. The first kappa shape index (κ1) is 18.4. The van der Waals surface area contributed by atoms with Crippen LogP contribution >= 0.6 is 0 Å². The van der Waals surface area contributed by atoms with Crippen molar-refractivity contribution in [1.82, 2.24) is 15.4 Å². The standard InChI is InChI=1S/C18H29N3O4/c1-11(2)13-7-15(25-20-13)17(22)21-6-5-14-12(9-21)8-18(3,23)16(19-4)10-24-14/h7,11-12,14,16,19,23H,5-6,8-10H2,1-4H3/t12-,14+,16+,18+/m0/s1. The van der Waals surface area contributed by atoms with Gasteiger partial charge in [0.2, 0.25) is 5.76 Å². The average molecular weight is 351 g/mol. The zero-order valence-electron chi connectivity index (χ0n) is 15.5. The Balaban J connectivity index is 1.71. The summed E-state index contributed by atoms with van der Waals surface area (Å²) in [5.74, 6) is 0.488. The lowest BCUT2D eigenvalue weighted by molar-refractivity contribution is -0.0224. The van der Waals surface area contributed by atoms with E-state index in [1.165, 1.54) is 0 Å². The summed E-state index contributed by atoms with van der Waals surface area (Å²) in [6, 6.07) is 1.63. The van der Waals surface area contributed by atoms with Crippen molar-refractivity contribution in [3.8, 4) is 0 Å². The van der Waals surface area contributed by atoms with E-state index in [1.807, 2.05) is 27.8 Å². The summed E-state index contributed by atoms with van der Waals surface area (Å²) < 4.78 is 11.3. The fraction of sp³-hybridized carbons (Fsp3) is 0.778. The van der Waals surface area contributed by atoms with Gasteiger partial charge >= 0.3 is 0 Å². The molecule has 2 saturated heterocycles. The van der Waals surface area contributed by atoms with E-state index in [4.69, 9.17) is 9.26 Å². The van der Waals surface area contributed by atoms with Gasteiger partial charge in [-0.1, -0.05) is 19.0 Å². The Morgan fingerprint density at radius 3 is 2.92 bits per heavy atom. The monoisotopic (exact) mass is 351 g/mol. The molecule has 2 aliphatic rings. The van der Waals surface area contributed by atoms with E-state index in [2.05, 4.69) is 10.5 Å². The van der Waals surface area contributed by atoms with Crippen LogP contribution in [0.1, 0.15) is 55.8 Å². The molecule has 0 unspecified atom stereocenters. The zero-order chi connectivity index (χ0) is 18.2. The number of likely N-dealkylation sites (N-methyl/N-ethyl adjacent to an activating group) is 1. The number of hydrogen-bond acceptors (Lipinski definition) is 6. The first-order valence-electron chi connectivity index (χ1n) is 9.09. The second-order valence-electron chi connectivity index (χ2n) is 7.84. The third kappa shape index (κ3) is 3.73. The van der Waals surface area contributed by atoms with Crippen molar-refractivity contribution >= 4 is 5.91 Å². The summed E-state index contributed by atoms with van der Waals surface area (Å²) in [5, 5.41) is 17.9. The largest absolute Gasteiger partial charge is 0.388 e. The average Bonchev–Trinajstić information content (AvgIpc) is 3.00. The molecule has 3 heterocycles. The molecule has 1 amide bonds. The predicted octanol–water partition coefficient (Wildman–Crippen LogP) is 1.39. The summed E-state index contributed by atoms with van der Waals surface area (Å²) in [5.41, 5.74) is -0.0760. The Morgan fingerprint density at radius 1 is 1.52 bits per heavy atom. The molecule has 0 saturated carbocycles. The minimum Gasteiger partial charge on any atom is -0.388 e. The van der Waals surface area contributed by atoms with Crippen LogP contribution in [0.15, 0.2) is 10.6 Å². The van der Waals surface area contributed by atoms with Gasteiger partial charge in [0.15, 0.2) is 0 Å². The molecule has 25 heavy (non-hydrogen) atoms. The molecule has 0 radical (unpaired) electrons. The van der Waals surface area contributed by atoms with Crippen molar-refractivity contribution < 1.29 is 19.2 Å². The number of rotatable bonds is 3. The van der Waals surface area contributed by atoms with E-state index < -0.39 is 5.60 Å². The van der Waals surface area contributed by atoms with Crippen LogP contribution < -0.4 is 5.32 Å². The quantitative estimate of drug-likeness (QED) is 0.856. The van der Waals surface area contributed by atoms with E-state index in [9.17, 15) is 9.90 Å². The molecule has 0 bridgehead atoms. The summed E-state index contributed by atoms with van der Waals surface area (Å²) in [6.45, 7) is 7.55. The molecule has 7 heteroatoms. The lowest BCUT2D eigenvalue weighted by Gasteiger charge is -2.38. The van der Waals surface area contributed by atoms with Gasteiger partial charge in [0.05, 0.1) is 30.0 Å². The van der Waals surface area contributed by atoms with Gasteiger partial charge in [-0.25, -0.2) is 0 Å². The maximum Gasteiger partial charge on any atom is 0.292 e. The van der Waals surface area contributed by atoms with Crippen molar-refractivity contribution in [2.24, 2.45) is 5.92 Å². The Bertz CT molecular complexity index is 613. The fourth-order valence-electron chi connectivity index (χ4n) is 3.89. The summed E-state index contributed by atoms with van der Waals surface area (Å²) >= 11 is 0. The number of carbonyl (C=O) groups excluding carboxylic acids is 1. The Morgan fingerprint density at radius 2 is 2.28 bits per heavy atom. The summed E-state index contributed by atoms with van der Waals surface area (Å²) in [4.78, 5) is 14.6. The molecular weight excluding hydrogens is 322 g/mol. The molecule has 1 aromatic rings. The van der Waals surface area contributed by atoms with Gasteiger partial charge < -0.3 is 24.6 Å². The second-order valence-corrected chi connectivity index (χ2v) is 7.84. The second kappa shape index (κ2) is 7.05. The number of fused-ring (bicyclic) bond motifs is 1. The molecule has 7 nitrogen and oxygen atoms in total. The van der Waals surface area contributed by atoms with Crippen LogP contribution in [0.3, 0.4) is 0 Å². The van der Waals surface area contributed by atoms with Gasteiger partial charge in [0.1, 0.15) is 0 Å². The van der Waals surface area contributed by atoms with Gasteiger partial charge in [-0.15, -0.1) is 0 Å². The Labute approximate surface area is 148 Å². The van der Waals surface area contributed by atoms with Crippen molar-refractivity contribution in [2.45, 2.75) is 57.3 Å². The topological polar surface area (TPSA) is 87.8 Å². The van der Waals surface area contributed by atoms with Crippen LogP contribution in [-0.4, -0.2) is 65.6 Å². The number of piperidine rings is 1. The molecule has 140 valence electrons. The number of aliphatic hydroxyl groups is 1. The van der Waals surface area contributed by atoms with E-state index in [0.717, 1.165) is 12.1 Å². The van der Waals surface area contributed by atoms with Crippen molar-refractivity contribution in [3.05, 3.63) is 17.5 Å². The minimum atomic E-state index is -0.864. The van der Waals surface area contributed by atoms with E-state index in [0.29, 0.717) is 26.1 Å². The Kier molecular flexibility index (Phi) is 5.18. The first-order valence-corrected chi connectivity index (χ1v) is 9.09. The normalized spacial score (nSPS) is 33.2. The number of ether oxygens (including phenoxy) is 1. The number of hydrogen-bond donors (Lipinski definition) is 2. The third-order valence-corrected chi connectivity index (χ3v) is 5.53. The van der Waals surface area contributed by atoms with E-state index in [1.54, 1.807) is 11.0 Å². The number of nitrogens with zero attached hydrogens (tertiary/aromatic N) is 2. The number of nitrogens with one attached hydrogen (secondary N) is 1. The lowest BCUT2D eigenvalue weighted by Crippen LogP contribution is -2.51. The van der Waals surface area contributed by atoms with Gasteiger partial charge in [-0.2, -0.15) is 0 Å².